The predicted octanol–water partition coefficient (Wildman–Crippen LogP) is 4.89. The molecule has 3 aromatic rings. The third-order valence-electron chi connectivity index (χ3n) is 5.53. The Hall–Kier alpha value is -2.46. The number of carbonyl (C=O) groups is 1. The Kier molecular flexibility index (Phi) is 3.86. The molecule has 3 nitrogen and oxygen atoms in total. The molecule has 0 bridgehead atoms. The summed E-state index contributed by atoms with van der Waals surface area (Å²) in [4.78, 5) is 21.7. The minimum Gasteiger partial charge on any atom is -0.331 e. The Bertz CT molecular complexity index is 963. The van der Waals surface area contributed by atoms with Gasteiger partial charge in [0.05, 0.1) is 10.9 Å². The summed E-state index contributed by atoms with van der Waals surface area (Å²) in [7, 11) is 0. The Labute approximate surface area is 157 Å². The van der Waals surface area contributed by atoms with Gasteiger partial charge in [0.25, 0.3) is 5.91 Å². The molecular formula is C22H20N2OS. The van der Waals surface area contributed by atoms with Gasteiger partial charge in [-0.1, -0.05) is 30.3 Å². The van der Waals surface area contributed by atoms with E-state index in [0.29, 0.717) is 0 Å². The molecule has 4 heteroatoms. The van der Waals surface area contributed by atoms with Crippen molar-refractivity contribution in [1.29, 1.82) is 0 Å². The molecule has 0 spiro atoms. The number of pyridine rings is 1. The van der Waals surface area contributed by atoms with E-state index in [-0.39, 0.29) is 11.9 Å². The van der Waals surface area contributed by atoms with Crippen molar-refractivity contribution in [2.24, 2.45) is 0 Å². The van der Waals surface area contributed by atoms with E-state index in [4.69, 9.17) is 0 Å². The maximum Gasteiger partial charge on any atom is 0.264 e. The molecule has 0 saturated carbocycles. The Morgan fingerprint density at radius 3 is 2.88 bits per heavy atom. The molecule has 0 radical (unpaired) electrons. The standard InChI is InChI=1S/C22H20N2OS/c25-22(24-12-4-8-19(24)17-6-3-11-23-14-17)20-13-16-10-9-15-5-1-2-7-18(15)21(16)26-20/h1-3,5-7,11,13-14,19H,4,8-10,12H2/t19-/m1/s1. The first kappa shape index (κ1) is 15.8. The van der Waals surface area contributed by atoms with E-state index in [0.717, 1.165) is 42.7 Å². The first-order valence-electron chi connectivity index (χ1n) is 9.23. The molecule has 0 N–H and O–H groups in total. The highest BCUT2D eigenvalue weighted by atomic mass is 32.1. The molecule has 1 aromatic carbocycles. The van der Waals surface area contributed by atoms with Crippen LogP contribution < -0.4 is 0 Å². The van der Waals surface area contributed by atoms with Gasteiger partial charge < -0.3 is 4.90 Å². The van der Waals surface area contributed by atoms with Crippen LogP contribution in [0.2, 0.25) is 0 Å². The zero-order chi connectivity index (χ0) is 17.5. The molecule has 1 amide bonds. The van der Waals surface area contributed by atoms with Crippen molar-refractivity contribution >= 4 is 17.2 Å². The molecule has 26 heavy (non-hydrogen) atoms. The zero-order valence-electron chi connectivity index (χ0n) is 14.5. The lowest BCUT2D eigenvalue weighted by atomic mass is 9.91. The van der Waals surface area contributed by atoms with Crippen LogP contribution >= 0.6 is 11.3 Å². The lowest BCUT2D eigenvalue weighted by Gasteiger charge is -2.24. The van der Waals surface area contributed by atoms with E-state index >= 15 is 0 Å². The summed E-state index contributed by atoms with van der Waals surface area (Å²) >= 11 is 1.66. The van der Waals surface area contributed by atoms with Crippen molar-refractivity contribution in [2.45, 2.75) is 31.7 Å². The van der Waals surface area contributed by atoms with Crippen molar-refractivity contribution in [1.82, 2.24) is 9.88 Å². The number of aromatic nitrogens is 1. The van der Waals surface area contributed by atoms with Crippen LogP contribution in [0.5, 0.6) is 0 Å². The van der Waals surface area contributed by atoms with Crippen molar-refractivity contribution in [3.05, 3.63) is 76.4 Å². The third-order valence-corrected chi connectivity index (χ3v) is 6.73. The van der Waals surface area contributed by atoms with Crippen molar-refractivity contribution in [3.8, 4) is 10.4 Å². The van der Waals surface area contributed by atoms with Crippen LogP contribution in [0.4, 0.5) is 0 Å². The average molecular weight is 360 g/mol. The fraction of sp³-hybridized carbons (Fsp3) is 0.273. The van der Waals surface area contributed by atoms with Gasteiger partial charge in [0.1, 0.15) is 0 Å². The number of nitrogens with zero attached hydrogens (tertiary/aromatic N) is 2. The number of amides is 1. The largest absolute Gasteiger partial charge is 0.331 e. The Morgan fingerprint density at radius 1 is 1.12 bits per heavy atom. The van der Waals surface area contributed by atoms with E-state index in [1.807, 2.05) is 17.2 Å². The van der Waals surface area contributed by atoms with Crippen LogP contribution in [-0.4, -0.2) is 22.3 Å². The van der Waals surface area contributed by atoms with Crippen molar-refractivity contribution in [3.63, 3.8) is 0 Å². The number of likely N-dealkylation sites (tertiary alicyclic amines) is 1. The molecule has 2 aliphatic rings. The maximum atomic E-state index is 13.3. The number of benzene rings is 1. The summed E-state index contributed by atoms with van der Waals surface area (Å²) in [6.07, 6.45) is 7.85. The van der Waals surface area contributed by atoms with Gasteiger partial charge in [-0.15, -0.1) is 11.3 Å². The molecular weight excluding hydrogens is 340 g/mol. The summed E-state index contributed by atoms with van der Waals surface area (Å²) in [5.74, 6) is 0.174. The van der Waals surface area contributed by atoms with Crippen molar-refractivity contribution < 1.29 is 4.79 Å². The Balaban J connectivity index is 1.48. The second kappa shape index (κ2) is 6.36. The van der Waals surface area contributed by atoms with Crippen LogP contribution in [0.15, 0.2) is 54.9 Å². The van der Waals surface area contributed by atoms with Crippen LogP contribution in [0, 0.1) is 0 Å². The number of hydrogen-bond acceptors (Lipinski definition) is 3. The number of thiophene rings is 1. The van der Waals surface area contributed by atoms with Gasteiger partial charge in [-0.25, -0.2) is 0 Å². The highest BCUT2D eigenvalue weighted by Crippen LogP contribution is 2.41. The average Bonchev–Trinajstić information content (AvgIpc) is 3.35. The molecule has 1 aliphatic carbocycles. The zero-order valence-corrected chi connectivity index (χ0v) is 15.3. The van der Waals surface area contributed by atoms with E-state index in [1.54, 1.807) is 17.5 Å². The Morgan fingerprint density at radius 2 is 2.00 bits per heavy atom. The van der Waals surface area contributed by atoms with Crippen molar-refractivity contribution in [2.75, 3.05) is 6.54 Å². The quantitative estimate of drug-likeness (QED) is 0.652. The fourth-order valence-electron chi connectivity index (χ4n) is 4.25. The lowest BCUT2D eigenvalue weighted by molar-refractivity contribution is 0.0740. The van der Waals surface area contributed by atoms with Crippen LogP contribution in [0.3, 0.4) is 0 Å². The van der Waals surface area contributed by atoms with Crippen LogP contribution in [0.1, 0.15) is 45.2 Å². The molecule has 130 valence electrons. The predicted molar refractivity (Wildman–Crippen MR) is 104 cm³/mol. The van der Waals surface area contributed by atoms with Gasteiger partial charge in [0.2, 0.25) is 0 Å². The normalized spacial score (nSPS) is 18.5. The van der Waals surface area contributed by atoms with Gasteiger partial charge in [-0.2, -0.15) is 0 Å². The summed E-state index contributed by atoms with van der Waals surface area (Å²) < 4.78 is 0. The molecule has 5 rings (SSSR count). The highest BCUT2D eigenvalue weighted by Gasteiger charge is 2.32. The summed E-state index contributed by atoms with van der Waals surface area (Å²) in [5.41, 5.74) is 5.18. The topological polar surface area (TPSA) is 33.2 Å². The minimum atomic E-state index is 0.155. The fourth-order valence-corrected chi connectivity index (χ4v) is 5.47. The van der Waals surface area contributed by atoms with Crippen LogP contribution in [0.25, 0.3) is 10.4 Å². The smallest absolute Gasteiger partial charge is 0.264 e. The van der Waals surface area contributed by atoms with E-state index in [9.17, 15) is 4.79 Å². The third kappa shape index (κ3) is 2.56. The molecule has 3 heterocycles. The lowest BCUT2D eigenvalue weighted by Crippen LogP contribution is -2.30. The maximum absolute atomic E-state index is 13.3. The molecule has 1 fully saturated rings. The van der Waals surface area contributed by atoms with E-state index in [1.165, 1.54) is 21.6 Å². The van der Waals surface area contributed by atoms with E-state index in [2.05, 4.69) is 41.4 Å². The monoisotopic (exact) mass is 360 g/mol. The number of rotatable bonds is 2. The minimum absolute atomic E-state index is 0.155. The van der Waals surface area contributed by atoms with Gasteiger partial charge in [-0.05, 0) is 60.1 Å². The van der Waals surface area contributed by atoms with Gasteiger partial charge in [0.15, 0.2) is 0 Å². The summed E-state index contributed by atoms with van der Waals surface area (Å²) in [6.45, 7) is 0.831. The second-order valence-corrected chi connectivity index (χ2v) is 8.12. The molecule has 1 aliphatic heterocycles. The first-order chi connectivity index (χ1) is 12.8. The molecule has 1 saturated heterocycles. The number of hydrogen-bond donors (Lipinski definition) is 0. The molecule has 0 unspecified atom stereocenters. The van der Waals surface area contributed by atoms with Gasteiger partial charge in [-0.3, -0.25) is 9.78 Å². The second-order valence-electron chi connectivity index (χ2n) is 7.07. The summed E-state index contributed by atoms with van der Waals surface area (Å²) in [5, 5.41) is 0. The highest BCUT2D eigenvalue weighted by molar-refractivity contribution is 7.17. The molecule has 2 aromatic heterocycles. The number of aryl methyl sites for hydroxylation is 2. The molecule has 1 atom stereocenters. The number of carbonyl (C=O) groups excluding carboxylic acids is 1. The van der Waals surface area contributed by atoms with Crippen LogP contribution in [-0.2, 0) is 12.8 Å². The van der Waals surface area contributed by atoms with E-state index < -0.39 is 0 Å². The summed E-state index contributed by atoms with van der Waals surface area (Å²) in [6, 6.07) is 14.9. The van der Waals surface area contributed by atoms with Gasteiger partial charge in [0, 0.05) is 23.8 Å². The SMILES string of the molecule is O=C(c1cc2c(s1)-c1ccccc1CC2)N1CCC[C@@H]1c1cccnc1. The first-order valence-corrected chi connectivity index (χ1v) is 10.0. The number of fused-ring (bicyclic) bond motifs is 3. The van der Waals surface area contributed by atoms with Gasteiger partial charge >= 0.3 is 0 Å².